The fourth-order valence-corrected chi connectivity index (χ4v) is 9.97. The maximum absolute atomic E-state index is 13.1. The van der Waals surface area contributed by atoms with Crippen molar-refractivity contribution in [2.24, 2.45) is 5.92 Å². The van der Waals surface area contributed by atoms with Crippen LogP contribution in [0.25, 0.3) is 0 Å². The molecule has 1 heterocycles. The second-order valence-electron chi connectivity index (χ2n) is 13.3. The molecule has 1 saturated carbocycles. The van der Waals surface area contributed by atoms with E-state index in [-0.39, 0.29) is 46.4 Å². The minimum absolute atomic E-state index is 0.0431. The van der Waals surface area contributed by atoms with Gasteiger partial charge in [0.25, 0.3) is 0 Å². The lowest BCUT2D eigenvalue weighted by atomic mass is 9.83. The Labute approximate surface area is 207 Å². The van der Waals surface area contributed by atoms with Gasteiger partial charge < -0.3 is 18.0 Å². The van der Waals surface area contributed by atoms with Crippen LogP contribution in [0.1, 0.15) is 68.7 Å². The third kappa shape index (κ3) is 5.88. The molecule has 33 heavy (non-hydrogen) atoms. The van der Waals surface area contributed by atoms with E-state index in [1.54, 1.807) is 0 Å². The molecule has 2 aliphatic rings. The molecule has 5 nitrogen and oxygen atoms in total. The summed E-state index contributed by atoms with van der Waals surface area (Å²) in [5.74, 6) is -0.388. The summed E-state index contributed by atoms with van der Waals surface area (Å²) in [6, 6.07) is 3.17. The van der Waals surface area contributed by atoms with Crippen LogP contribution in [0.4, 0.5) is 0 Å². The van der Waals surface area contributed by atoms with E-state index in [1.807, 2.05) is 0 Å². The molecule has 5 atom stereocenters. The van der Waals surface area contributed by atoms with Gasteiger partial charge in [-0.1, -0.05) is 62.3 Å². The maximum atomic E-state index is 13.1. The Morgan fingerprint density at radius 2 is 1.18 bits per heavy atom. The largest absolute Gasteiger partial charge is 0.459 e. The van der Waals surface area contributed by atoms with Gasteiger partial charge in [-0.2, -0.15) is 0 Å². The fourth-order valence-electron chi connectivity index (χ4n) is 4.48. The van der Waals surface area contributed by atoms with Crippen molar-refractivity contribution >= 4 is 30.9 Å². The molecule has 1 saturated heterocycles. The summed E-state index contributed by atoms with van der Waals surface area (Å²) in [6.45, 7) is 29.4. The summed E-state index contributed by atoms with van der Waals surface area (Å²) < 4.78 is 27.2. The monoisotopic (exact) mass is 516 g/mol. The van der Waals surface area contributed by atoms with Gasteiger partial charge in [-0.3, -0.25) is 4.79 Å². The molecule has 0 amide bonds. The number of hydrogen-bond donors (Lipinski definition) is 0. The van der Waals surface area contributed by atoms with E-state index in [9.17, 15) is 4.79 Å². The minimum atomic E-state index is -2.15. The summed E-state index contributed by atoms with van der Waals surface area (Å²) in [5, 5.41) is 0.100. The molecule has 0 radical (unpaired) electrons. The SMILES string of the molecule is CC[Si](CC)(CC)O[C@H]1[C@@H](O[Si](C)(C)C(C)(C)C)[C@H]2C[C@H](C(=O)O2)[C@H]1O[Si](C)(C)C(C)(C)C. The van der Waals surface area contributed by atoms with E-state index in [1.165, 1.54) is 0 Å². The van der Waals surface area contributed by atoms with Crippen molar-refractivity contribution in [3.63, 3.8) is 0 Å². The zero-order valence-corrected chi connectivity index (χ0v) is 26.8. The number of carbonyl (C=O) groups excluding carboxylic acids is 1. The fraction of sp³-hybridized carbons (Fsp3) is 0.960. The second kappa shape index (κ2) is 9.81. The number of fused-ring (bicyclic) bond motifs is 2. The molecule has 0 aromatic carbocycles. The Morgan fingerprint density at radius 3 is 1.58 bits per heavy atom. The molecule has 0 spiro atoms. The van der Waals surface area contributed by atoms with Crippen LogP contribution >= 0.6 is 0 Å². The van der Waals surface area contributed by atoms with Crippen LogP contribution in [0, 0.1) is 5.92 Å². The summed E-state index contributed by atoms with van der Waals surface area (Å²) in [6.07, 6.45) is -0.382. The van der Waals surface area contributed by atoms with Crippen molar-refractivity contribution in [3.8, 4) is 0 Å². The van der Waals surface area contributed by atoms with Crippen LogP contribution in [-0.4, -0.2) is 55.3 Å². The van der Waals surface area contributed by atoms with Crippen molar-refractivity contribution in [1.82, 2.24) is 0 Å². The van der Waals surface area contributed by atoms with Crippen LogP contribution in [0.15, 0.2) is 0 Å². The van der Waals surface area contributed by atoms with Crippen molar-refractivity contribution in [2.45, 2.75) is 148 Å². The van der Waals surface area contributed by atoms with E-state index >= 15 is 0 Å². The lowest BCUT2D eigenvalue weighted by molar-refractivity contribution is -0.146. The normalized spacial score (nSPS) is 29.4. The Kier molecular flexibility index (Phi) is 8.69. The van der Waals surface area contributed by atoms with Gasteiger partial charge in [-0.05, 0) is 54.4 Å². The first-order valence-electron chi connectivity index (χ1n) is 13.1. The Balaban J connectivity index is 2.57. The van der Waals surface area contributed by atoms with Gasteiger partial charge in [0.15, 0.2) is 25.0 Å². The van der Waals surface area contributed by atoms with E-state index < -0.39 is 25.0 Å². The molecular weight excluding hydrogens is 465 g/mol. The number of esters is 1. The van der Waals surface area contributed by atoms with E-state index in [4.69, 9.17) is 18.0 Å². The van der Waals surface area contributed by atoms with E-state index in [0.717, 1.165) is 18.1 Å². The molecule has 194 valence electrons. The van der Waals surface area contributed by atoms with Crippen LogP contribution in [0.2, 0.25) is 54.4 Å². The van der Waals surface area contributed by atoms with Crippen LogP contribution in [0.5, 0.6) is 0 Å². The first-order chi connectivity index (χ1) is 14.8. The number of hydrogen-bond acceptors (Lipinski definition) is 5. The first-order valence-corrected chi connectivity index (χ1v) is 21.4. The summed E-state index contributed by atoms with van der Waals surface area (Å²) in [7, 11) is -6.26. The molecule has 1 aliphatic heterocycles. The molecule has 0 aromatic rings. The third-order valence-electron chi connectivity index (χ3n) is 9.26. The smallest absolute Gasteiger partial charge is 0.312 e. The topological polar surface area (TPSA) is 54.0 Å². The first kappa shape index (κ1) is 29.2. The van der Waals surface area contributed by atoms with Crippen molar-refractivity contribution in [1.29, 1.82) is 0 Å². The molecule has 0 unspecified atom stereocenters. The lowest BCUT2D eigenvalue weighted by Crippen LogP contribution is -2.63. The highest BCUT2D eigenvalue weighted by Gasteiger charge is 2.60. The Hall–Kier alpha value is 0.000649. The maximum Gasteiger partial charge on any atom is 0.312 e. The van der Waals surface area contributed by atoms with Gasteiger partial charge in [0.1, 0.15) is 12.2 Å². The third-order valence-corrected chi connectivity index (χ3v) is 22.8. The van der Waals surface area contributed by atoms with Crippen molar-refractivity contribution < 1.29 is 22.8 Å². The number of ether oxygens (including phenoxy) is 1. The molecule has 1 aliphatic carbocycles. The quantitative estimate of drug-likeness (QED) is 0.241. The summed E-state index contributed by atoms with van der Waals surface area (Å²) in [4.78, 5) is 13.1. The highest BCUT2D eigenvalue weighted by Crippen LogP contribution is 2.48. The average molecular weight is 517 g/mol. The Morgan fingerprint density at radius 1 is 0.758 bits per heavy atom. The molecule has 2 bridgehead atoms. The van der Waals surface area contributed by atoms with E-state index in [0.29, 0.717) is 6.42 Å². The van der Waals surface area contributed by atoms with Gasteiger partial charge in [0.2, 0.25) is 0 Å². The molecule has 0 aromatic heterocycles. The van der Waals surface area contributed by atoms with Crippen LogP contribution in [0.3, 0.4) is 0 Å². The predicted molar refractivity (Wildman–Crippen MR) is 144 cm³/mol. The molecule has 2 fully saturated rings. The number of carbonyl (C=O) groups is 1. The summed E-state index contributed by atoms with van der Waals surface area (Å²) >= 11 is 0. The molecular formula is C25H52O5Si3. The minimum Gasteiger partial charge on any atom is -0.459 e. The Bertz CT molecular complexity index is 683. The second-order valence-corrected chi connectivity index (χ2v) is 27.6. The van der Waals surface area contributed by atoms with Gasteiger partial charge in [0.05, 0.1) is 18.1 Å². The van der Waals surface area contributed by atoms with Crippen LogP contribution in [-0.2, 0) is 22.8 Å². The average Bonchev–Trinajstić information content (AvgIpc) is 3.02. The van der Waals surface area contributed by atoms with E-state index in [2.05, 4.69) is 88.5 Å². The zero-order chi connectivity index (χ0) is 25.6. The highest BCUT2D eigenvalue weighted by atomic mass is 28.4. The molecule has 0 N–H and O–H groups in total. The molecule has 2 rings (SSSR count). The van der Waals surface area contributed by atoms with Gasteiger partial charge in [-0.15, -0.1) is 0 Å². The van der Waals surface area contributed by atoms with Gasteiger partial charge in [-0.25, -0.2) is 0 Å². The van der Waals surface area contributed by atoms with Crippen molar-refractivity contribution in [3.05, 3.63) is 0 Å². The zero-order valence-electron chi connectivity index (χ0n) is 23.8. The highest BCUT2D eigenvalue weighted by molar-refractivity contribution is 6.75. The summed E-state index contributed by atoms with van der Waals surface area (Å²) in [5.41, 5.74) is 0. The van der Waals surface area contributed by atoms with Crippen LogP contribution < -0.4 is 0 Å². The number of rotatable bonds is 9. The molecule has 8 heteroatoms. The van der Waals surface area contributed by atoms with Gasteiger partial charge in [0, 0.05) is 6.42 Å². The van der Waals surface area contributed by atoms with Gasteiger partial charge >= 0.3 is 5.97 Å². The van der Waals surface area contributed by atoms with Crippen molar-refractivity contribution in [2.75, 3.05) is 0 Å². The predicted octanol–water partition coefficient (Wildman–Crippen LogP) is 7.10. The lowest BCUT2D eigenvalue weighted by Gasteiger charge is -2.50. The standard InChI is InChI=1S/C25H52O5Si3/c1-14-33(15-2,16-3)30-22-20(28-31(10,11)24(4,5)6)18-17-19(27-23(18)26)21(22)29-32(12,13)25(7,8)9/h18-22H,14-17H2,1-13H3/t18-,19+,20+,21-,22+/m0/s1.